The zero-order valence-electron chi connectivity index (χ0n) is 12.2. The van der Waals surface area contributed by atoms with Crippen molar-refractivity contribution < 1.29 is 24.7 Å². The van der Waals surface area contributed by atoms with E-state index in [0.717, 1.165) is 16.5 Å². The predicted octanol–water partition coefficient (Wildman–Crippen LogP) is 0.565. The van der Waals surface area contributed by atoms with E-state index >= 15 is 0 Å². The summed E-state index contributed by atoms with van der Waals surface area (Å²) in [5.74, 6) is -2.43. The van der Waals surface area contributed by atoms with Gasteiger partial charge in [-0.25, -0.2) is 10.3 Å². The summed E-state index contributed by atoms with van der Waals surface area (Å²) in [5, 5.41) is 20.9. The Morgan fingerprint density at radius 3 is 2.52 bits per heavy atom. The summed E-state index contributed by atoms with van der Waals surface area (Å²) in [5.41, 5.74) is 3.08. The lowest BCUT2D eigenvalue weighted by molar-refractivity contribution is -0.141. The van der Waals surface area contributed by atoms with Crippen molar-refractivity contribution in [2.24, 2.45) is 0 Å². The fourth-order valence-corrected chi connectivity index (χ4v) is 2.27. The fraction of sp³-hybridized carbons (Fsp3) is 0.267. The lowest BCUT2D eigenvalue weighted by Crippen LogP contribution is -2.42. The van der Waals surface area contributed by atoms with Crippen molar-refractivity contribution in [1.82, 2.24) is 15.8 Å². The number of H-pyrrole nitrogens is 1. The fourth-order valence-electron chi connectivity index (χ4n) is 2.27. The van der Waals surface area contributed by atoms with Crippen LogP contribution in [-0.2, 0) is 20.8 Å². The van der Waals surface area contributed by atoms with Gasteiger partial charge in [-0.1, -0.05) is 18.2 Å². The second kappa shape index (κ2) is 7.41. The molecule has 0 aliphatic rings. The van der Waals surface area contributed by atoms with Gasteiger partial charge in [0.1, 0.15) is 6.04 Å². The molecule has 2 aromatic rings. The highest BCUT2D eigenvalue weighted by atomic mass is 16.5. The topological polar surface area (TPSA) is 132 Å². The summed E-state index contributed by atoms with van der Waals surface area (Å²) in [7, 11) is 0. The van der Waals surface area contributed by atoms with Crippen LogP contribution in [0.3, 0.4) is 0 Å². The Hall–Kier alpha value is -2.87. The number of carbonyl (C=O) groups excluding carboxylic acids is 2. The first-order valence-electron chi connectivity index (χ1n) is 7.01. The van der Waals surface area contributed by atoms with E-state index in [4.69, 9.17) is 5.21 Å². The van der Waals surface area contributed by atoms with Crippen LogP contribution in [0, 0.1) is 0 Å². The number of hydrogen-bond acceptors (Lipinski definition) is 4. The third-order valence-corrected chi connectivity index (χ3v) is 3.44. The molecule has 8 nitrogen and oxygen atoms in total. The number of aromatic amines is 1. The molecule has 1 heterocycles. The van der Waals surface area contributed by atoms with E-state index in [1.54, 1.807) is 6.20 Å². The molecule has 0 saturated heterocycles. The number of carbonyl (C=O) groups is 3. The molecule has 2 rings (SSSR count). The third-order valence-electron chi connectivity index (χ3n) is 3.44. The Morgan fingerprint density at radius 2 is 1.83 bits per heavy atom. The van der Waals surface area contributed by atoms with E-state index in [0.29, 0.717) is 0 Å². The molecule has 23 heavy (non-hydrogen) atoms. The highest BCUT2D eigenvalue weighted by Gasteiger charge is 2.22. The zero-order chi connectivity index (χ0) is 16.8. The monoisotopic (exact) mass is 319 g/mol. The largest absolute Gasteiger partial charge is 0.480 e. The second-order valence-corrected chi connectivity index (χ2v) is 5.06. The molecule has 0 unspecified atom stereocenters. The molecule has 0 aliphatic carbocycles. The van der Waals surface area contributed by atoms with Gasteiger partial charge >= 0.3 is 5.97 Å². The van der Waals surface area contributed by atoms with Crippen molar-refractivity contribution in [1.29, 1.82) is 0 Å². The van der Waals surface area contributed by atoms with Crippen LogP contribution in [0.4, 0.5) is 0 Å². The van der Waals surface area contributed by atoms with E-state index in [1.807, 2.05) is 24.3 Å². The van der Waals surface area contributed by atoms with E-state index in [-0.39, 0.29) is 19.3 Å². The Kier molecular flexibility index (Phi) is 5.32. The van der Waals surface area contributed by atoms with Gasteiger partial charge in [-0.05, 0) is 11.6 Å². The van der Waals surface area contributed by atoms with Crippen molar-refractivity contribution in [2.75, 3.05) is 0 Å². The van der Waals surface area contributed by atoms with E-state index < -0.39 is 23.8 Å². The molecular weight excluding hydrogens is 302 g/mol. The minimum Gasteiger partial charge on any atom is -0.480 e. The van der Waals surface area contributed by atoms with Crippen molar-refractivity contribution in [2.45, 2.75) is 25.3 Å². The minimum atomic E-state index is -1.16. The Morgan fingerprint density at radius 1 is 1.13 bits per heavy atom. The van der Waals surface area contributed by atoms with Gasteiger partial charge in [0.15, 0.2) is 0 Å². The van der Waals surface area contributed by atoms with E-state index in [9.17, 15) is 19.5 Å². The number of amides is 2. The maximum atomic E-state index is 11.7. The van der Waals surface area contributed by atoms with Crippen molar-refractivity contribution in [3.63, 3.8) is 0 Å². The first-order chi connectivity index (χ1) is 11.0. The summed E-state index contributed by atoms with van der Waals surface area (Å²) in [4.78, 5) is 37.0. The number of para-hydroxylation sites is 1. The Bertz CT molecular complexity index is 725. The zero-order valence-corrected chi connectivity index (χ0v) is 12.2. The number of benzene rings is 1. The van der Waals surface area contributed by atoms with Gasteiger partial charge in [0.05, 0.1) is 0 Å². The summed E-state index contributed by atoms with van der Waals surface area (Å²) in [6, 6.07) is 6.36. The van der Waals surface area contributed by atoms with Crippen molar-refractivity contribution in [3.05, 3.63) is 36.0 Å². The molecule has 0 radical (unpaired) electrons. The van der Waals surface area contributed by atoms with Gasteiger partial charge in [-0.2, -0.15) is 0 Å². The summed E-state index contributed by atoms with van der Waals surface area (Å²) >= 11 is 0. The van der Waals surface area contributed by atoms with Gasteiger partial charge in [-0.3, -0.25) is 14.8 Å². The summed E-state index contributed by atoms with van der Waals surface area (Å²) in [6.45, 7) is 0. The molecule has 0 fully saturated rings. The van der Waals surface area contributed by atoms with Gasteiger partial charge in [-0.15, -0.1) is 0 Å². The Balaban J connectivity index is 2.03. The van der Waals surface area contributed by atoms with Crippen LogP contribution in [0.1, 0.15) is 18.4 Å². The highest BCUT2D eigenvalue weighted by molar-refractivity contribution is 5.88. The van der Waals surface area contributed by atoms with Gasteiger partial charge in [0.25, 0.3) is 0 Å². The standard InChI is InChI=1S/C15H17N3O5/c19-13(5-6-14(20)18-23)17-12(15(21)22)7-9-8-16-11-4-2-1-3-10(9)11/h1-4,8,12,16,23H,5-7H2,(H,17,19)(H,18,20)(H,21,22)/t12-/m0/s1. The van der Waals surface area contributed by atoms with E-state index in [2.05, 4.69) is 10.3 Å². The molecule has 1 aromatic heterocycles. The maximum Gasteiger partial charge on any atom is 0.326 e. The number of fused-ring (bicyclic) bond motifs is 1. The third kappa shape index (κ3) is 4.30. The lowest BCUT2D eigenvalue weighted by atomic mass is 10.0. The van der Waals surface area contributed by atoms with E-state index in [1.165, 1.54) is 5.48 Å². The number of nitrogens with one attached hydrogen (secondary N) is 3. The number of hydroxylamine groups is 1. The predicted molar refractivity (Wildman–Crippen MR) is 80.7 cm³/mol. The Labute approximate surface area is 131 Å². The average Bonchev–Trinajstić information content (AvgIpc) is 2.95. The van der Waals surface area contributed by atoms with Crippen LogP contribution >= 0.6 is 0 Å². The quantitative estimate of drug-likeness (QED) is 0.376. The van der Waals surface area contributed by atoms with Crippen LogP contribution in [0.25, 0.3) is 10.9 Å². The summed E-state index contributed by atoms with van der Waals surface area (Å²) < 4.78 is 0. The first kappa shape index (κ1) is 16.5. The smallest absolute Gasteiger partial charge is 0.326 e. The molecule has 0 bridgehead atoms. The number of rotatable bonds is 7. The molecule has 2 amide bonds. The molecule has 1 atom stereocenters. The normalized spacial score (nSPS) is 11.9. The van der Waals surface area contributed by atoms with Crippen LogP contribution < -0.4 is 10.8 Å². The highest BCUT2D eigenvalue weighted by Crippen LogP contribution is 2.19. The van der Waals surface area contributed by atoms with Crippen LogP contribution in [0.15, 0.2) is 30.5 Å². The molecule has 0 saturated carbocycles. The number of aliphatic carboxylic acids is 1. The first-order valence-corrected chi connectivity index (χ1v) is 7.01. The molecule has 5 N–H and O–H groups in total. The maximum absolute atomic E-state index is 11.7. The van der Waals surface area contributed by atoms with Gasteiger partial charge < -0.3 is 15.4 Å². The van der Waals surface area contributed by atoms with Gasteiger partial charge in [0, 0.05) is 36.4 Å². The van der Waals surface area contributed by atoms with Crippen LogP contribution in [-0.4, -0.2) is 39.1 Å². The number of hydrogen-bond donors (Lipinski definition) is 5. The number of carboxylic acids is 1. The molecule has 122 valence electrons. The summed E-state index contributed by atoms with van der Waals surface area (Å²) in [6.07, 6.45) is 1.41. The molecule has 0 spiro atoms. The minimum absolute atomic E-state index is 0.122. The molecule has 1 aromatic carbocycles. The average molecular weight is 319 g/mol. The number of carboxylic acid groups (broad SMARTS) is 1. The second-order valence-electron chi connectivity index (χ2n) is 5.06. The molecular formula is C15H17N3O5. The number of aromatic nitrogens is 1. The molecule has 8 heteroatoms. The van der Waals surface area contributed by atoms with Crippen molar-refractivity contribution in [3.8, 4) is 0 Å². The van der Waals surface area contributed by atoms with Crippen molar-refractivity contribution >= 4 is 28.7 Å². The SMILES string of the molecule is O=C(CCC(=O)N[C@@H](Cc1c[nH]c2ccccc12)C(=O)O)NO. The molecule has 0 aliphatic heterocycles. The van der Waals surface area contributed by atoms with Gasteiger partial charge in [0.2, 0.25) is 11.8 Å². The van der Waals surface area contributed by atoms with Crippen LogP contribution in [0.2, 0.25) is 0 Å². The van der Waals surface area contributed by atoms with Crippen LogP contribution in [0.5, 0.6) is 0 Å². The lowest BCUT2D eigenvalue weighted by Gasteiger charge is -2.14.